The normalized spacial score (nSPS) is 19.8. The Morgan fingerprint density at radius 2 is 1.90 bits per heavy atom. The van der Waals surface area contributed by atoms with Crippen LogP contribution in [0.25, 0.3) is 0 Å². The third-order valence-corrected chi connectivity index (χ3v) is 4.47. The van der Waals surface area contributed by atoms with Crippen LogP contribution in [0.1, 0.15) is 65.7 Å². The van der Waals surface area contributed by atoms with E-state index in [-0.39, 0.29) is 12.1 Å². The lowest BCUT2D eigenvalue weighted by Crippen LogP contribution is -2.59. The SMILES string of the molecule is CCCC1CCCCN1C(=O)NC(CC)(CC)C(=O)O. The first kappa shape index (κ1) is 16.8. The number of piperidine rings is 1. The van der Waals surface area contributed by atoms with Gasteiger partial charge in [-0.15, -0.1) is 0 Å². The van der Waals surface area contributed by atoms with Crippen molar-refractivity contribution in [2.24, 2.45) is 0 Å². The summed E-state index contributed by atoms with van der Waals surface area (Å²) in [5.74, 6) is -0.945. The fourth-order valence-corrected chi connectivity index (χ4v) is 2.96. The van der Waals surface area contributed by atoms with Crippen LogP contribution in [0.2, 0.25) is 0 Å². The summed E-state index contributed by atoms with van der Waals surface area (Å²) in [6.45, 7) is 6.46. The van der Waals surface area contributed by atoms with Crippen LogP contribution in [-0.2, 0) is 4.79 Å². The summed E-state index contributed by atoms with van der Waals surface area (Å²) < 4.78 is 0. The molecule has 1 fully saturated rings. The Balaban J connectivity index is 2.78. The lowest BCUT2D eigenvalue weighted by molar-refractivity contribution is -0.144. The summed E-state index contributed by atoms with van der Waals surface area (Å²) in [4.78, 5) is 25.8. The number of likely N-dealkylation sites (tertiary alicyclic amines) is 1. The molecule has 1 aliphatic heterocycles. The number of hydrogen-bond donors (Lipinski definition) is 2. The molecular weight excluding hydrogens is 256 g/mol. The lowest BCUT2D eigenvalue weighted by Gasteiger charge is -2.38. The highest BCUT2D eigenvalue weighted by Crippen LogP contribution is 2.23. The van der Waals surface area contributed by atoms with Gasteiger partial charge >= 0.3 is 12.0 Å². The number of urea groups is 1. The van der Waals surface area contributed by atoms with E-state index in [0.29, 0.717) is 12.8 Å². The second-order valence-electron chi connectivity index (χ2n) is 5.66. The Labute approximate surface area is 121 Å². The molecule has 2 N–H and O–H groups in total. The van der Waals surface area contributed by atoms with Gasteiger partial charge in [-0.25, -0.2) is 9.59 Å². The zero-order chi connectivity index (χ0) is 15.2. The fraction of sp³-hybridized carbons (Fsp3) is 0.867. The molecule has 5 nitrogen and oxygen atoms in total. The van der Waals surface area contributed by atoms with Crippen LogP contribution in [0.15, 0.2) is 0 Å². The Bertz CT molecular complexity index is 338. The molecule has 20 heavy (non-hydrogen) atoms. The molecular formula is C15H28N2O3. The number of carboxylic acids is 1. The highest BCUT2D eigenvalue weighted by molar-refractivity contribution is 5.86. The molecule has 0 aromatic carbocycles. The topological polar surface area (TPSA) is 69.6 Å². The highest BCUT2D eigenvalue weighted by Gasteiger charge is 2.38. The van der Waals surface area contributed by atoms with Gasteiger partial charge in [0.05, 0.1) is 0 Å². The van der Waals surface area contributed by atoms with E-state index in [9.17, 15) is 14.7 Å². The molecule has 1 rings (SSSR count). The van der Waals surface area contributed by atoms with Crippen molar-refractivity contribution >= 4 is 12.0 Å². The zero-order valence-electron chi connectivity index (χ0n) is 12.9. The van der Waals surface area contributed by atoms with Gasteiger partial charge in [0.15, 0.2) is 0 Å². The Morgan fingerprint density at radius 3 is 2.40 bits per heavy atom. The van der Waals surface area contributed by atoms with E-state index in [0.717, 1.165) is 38.6 Å². The van der Waals surface area contributed by atoms with Crippen molar-refractivity contribution in [1.29, 1.82) is 0 Å². The molecule has 1 unspecified atom stereocenters. The summed E-state index contributed by atoms with van der Waals surface area (Å²) in [6, 6.07) is 0.0446. The second-order valence-corrected chi connectivity index (χ2v) is 5.66. The Morgan fingerprint density at radius 1 is 1.25 bits per heavy atom. The largest absolute Gasteiger partial charge is 0.480 e. The maximum atomic E-state index is 12.5. The van der Waals surface area contributed by atoms with Crippen LogP contribution in [0.3, 0.4) is 0 Å². The smallest absolute Gasteiger partial charge is 0.329 e. The minimum Gasteiger partial charge on any atom is -0.480 e. The van der Waals surface area contributed by atoms with Crippen LogP contribution < -0.4 is 5.32 Å². The molecule has 2 amide bonds. The molecule has 0 spiro atoms. The van der Waals surface area contributed by atoms with E-state index in [4.69, 9.17) is 0 Å². The summed E-state index contributed by atoms with van der Waals surface area (Å²) in [7, 11) is 0. The molecule has 0 bridgehead atoms. The Kier molecular flexibility index (Phi) is 6.30. The fourth-order valence-electron chi connectivity index (χ4n) is 2.96. The minimum atomic E-state index is -1.13. The monoisotopic (exact) mass is 284 g/mol. The molecule has 1 atom stereocenters. The average molecular weight is 284 g/mol. The van der Waals surface area contributed by atoms with Crippen molar-refractivity contribution < 1.29 is 14.7 Å². The molecule has 1 heterocycles. The van der Waals surface area contributed by atoms with Crippen molar-refractivity contribution in [2.45, 2.75) is 77.3 Å². The maximum absolute atomic E-state index is 12.5. The molecule has 0 aromatic heterocycles. The predicted molar refractivity (Wildman–Crippen MR) is 78.7 cm³/mol. The van der Waals surface area contributed by atoms with Gasteiger partial charge in [-0.05, 0) is 38.5 Å². The third-order valence-electron chi connectivity index (χ3n) is 4.47. The number of hydrogen-bond acceptors (Lipinski definition) is 2. The number of carboxylic acid groups (broad SMARTS) is 1. The molecule has 116 valence electrons. The molecule has 5 heteroatoms. The number of nitrogens with one attached hydrogen (secondary N) is 1. The quantitative estimate of drug-likeness (QED) is 0.787. The van der Waals surface area contributed by atoms with E-state index in [1.54, 1.807) is 13.8 Å². The summed E-state index contributed by atoms with van der Waals surface area (Å²) in [5.41, 5.74) is -1.13. The van der Waals surface area contributed by atoms with Crippen LogP contribution in [-0.4, -0.2) is 40.1 Å². The Hall–Kier alpha value is -1.26. The van der Waals surface area contributed by atoms with Gasteiger partial charge in [0.1, 0.15) is 5.54 Å². The van der Waals surface area contributed by atoms with E-state index in [2.05, 4.69) is 12.2 Å². The summed E-state index contributed by atoms with van der Waals surface area (Å²) >= 11 is 0. The average Bonchev–Trinajstić information content (AvgIpc) is 2.45. The number of carbonyl (C=O) groups is 2. The van der Waals surface area contributed by atoms with Crippen LogP contribution in [0.5, 0.6) is 0 Å². The van der Waals surface area contributed by atoms with Crippen LogP contribution in [0.4, 0.5) is 4.79 Å². The maximum Gasteiger partial charge on any atom is 0.329 e. The van der Waals surface area contributed by atoms with Crippen molar-refractivity contribution in [1.82, 2.24) is 10.2 Å². The van der Waals surface area contributed by atoms with E-state index >= 15 is 0 Å². The van der Waals surface area contributed by atoms with E-state index in [1.807, 2.05) is 4.90 Å². The van der Waals surface area contributed by atoms with Gasteiger partial charge in [-0.3, -0.25) is 0 Å². The lowest BCUT2D eigenvalue weighted by atomic mass is 9.92. The van der Waals surface area contributed by atoms with Gasteiger partial charge in [0.25, 0.3) is 0 Å². The highest BCUT2D eigenvalue weighted by atomic mass is 16.4. The van der Waals surface area contributed by atoms with Crippen LogP contribution >= 0.6 is 0 Å². The first-order valence-corrected chi connectivity index (χ1v) is 7.82. The second kappa shape index (κ2) is 7.50. The molecule has 1 aliphatic rings. The van der Waals surface area contributed by atoms with E-state index < -0.39 is 11.5 Å². The zero-order valence-corrected chi connectivity index (χ0v) is 12.9. The predicted octanol–water partition coefficient (Wildman–Crippen LogP) is 2.99. The van der Waals surface area contributed by atoms with Gasteiger partial charge in [-0.2, -0.15) is 0 Å². The van der Waals surface area contributed by atoms with E-state index in [1.165, 1.54) is 0 Å². The third kappa shape index (κ3) is 3.64. The number of nitrogens with zero attached hydrogens (tertiary/aromatic N) is 1. The number of carbonyl (C=O) groups excluding carboxylic acids is 1. The van der Waals surface area contributed by atoms with Gasteiger partial charge in [0, 0.05) is 12.6 Å². The number of amides is 2. The summed E-state index contributed by atoms with van der Waals surface area (Å²) in [5, 5.41) is 12.2. The molecule has 0 aromatic rings. The van der Waals surface area contributed by atoms with Gasteiger partial charge < -0.3 is 15.3 Å². The van der Waals surface area contributed by atoms with Crippen molar-refractivity contribution in [2.75, 3.05) is 6.54 Å². The standard InChI is InChI=1S/C15H28N2O3/c1-4-9-12-10-7-8-11-17(12)14(20)16-15(5-2,6-3)13(18)19/h12H,4-11H2,1-3H3,(H,16,20)(H,18,19). The van der Waals surface area contributed by atoms with Gasteiger partial charge in [0.2, 0.25) is 0 Å². The van der Waals surface area contributed by atoms with Crippen molar-refractivity contribution in [3.8, 4) is 0 Å². The number of aliphatic carboxylic acids is 1. The minimum absolute atomic E-state index is 0.214. The summed E-state index contributed by atoms with van der Waals surface area (Å²) in [6.07, 6.45) is 6.02. The van der Waals surface area contributed by atoms with Crippen LogP contribution in [0, 0.1) is 0 Å². The molecule has 0 aliphatic carbocycles. The first-order chi connectivity index (χ1) is 9.50. The molecule has 0 radical (unpaired) electrons. The number of rotatable bonds is 6. The first-order valence-electron chi connectivity index (χ1n) is 7.82. The molecule has 0 saturated carbocycles. The van der Waals surface area contributed by atoms with Crippen molar-refractivity contribution in [3.05, 3.63) is 0 Å². The van der Waals surface area contributed by atoms with Gasteiger partial charge in [-0.1, -0.05) is 27.2 Å². The molecule has 1 saturated heterocycles. The van der Waals surface area contributed by atoms with Crippen molar-refractivity contribution in [3.63, 3.8) is 0 Å².